The van der Waals surface area contributed by atoms with Gasteiger partial charge in [0.15, 0.2) is 0 Å². The number of hydrogen-bond acceptors (Lipinski definition) is 7. The number of carbonyl (C=O) groups is 4. The Hall–Kier alpha value is -4.34. The monoisotopic (exact) mass is 445 g/mol. The van der Waals surface area contributed by atoms with Gasteiger partial charge in [0.2, 0.25) is 11.8 Å². The summed E-state index contributed by atoms with van der Waals surface area (Å²) in [5.74, 6) is -1.45. The van der Waals surface area contributed by atoms with Crippen LogP contribution >= 0.6 is 0 Å². The van der Waals surface area contributed by atoms with E-state index in [0.717, 1.165) is 11.1 Å². The minimum atomic E-state index is -0.685. The molecular formula is C23H19N5O5. The predicted octanol–water partition coefficient (Wildman–Crippen LogP) is 1.48. The molecule has 0 saturated carbocycles. The average molecular weight is 445 g/mol. The third-order valence-corrected chi connectivity index (χ3v) is 5.90. The normalized spacial score (nSPS) is 17.7. The third kappa shape index (κ3) is 3.55. The molecule has 3 amide bonds. The van der Waals surface area contributed by atoms with Crippen molar-refractivity contribution >= 4 is 23.7 Å². The fourth-order valence-corrected chi connectivity index (χ4v) is 4.19. The lowest BCUT2D eigenvalue weighted by atomic mass is 10.0. The number of imide groups is 1. The van der Waals surface area contributed by atoms with Crippen LogP contribution in [-0.2, 0) is 20.9 Å². The van der Waals surface area contributed by atoms with Crippen LogP contribution in [0, 0.1) is 0 Å². The van der Waals surface area contributed by atoms with Crippen LogP contribution in [0.4, 0.5) is 0 Å². The summed E-state index contributed by atoms with van der Waals surface area (Å²) in [5.41, 5.74) is 3.71. The summed E-state index contributed by atoms with van der Waals surface area (Å²) in [4.78, 5) is 49.9. The van der Waals surface area contributed by atoms with Gasteiger partial charge in [-0.05, 0) is 30.7 Å². The molecular weight excluding hydrogens is 426 g/mol. The Morgan fingerprint density at radius 3 is 2.64 bits per heavy atom. The molecule has 0 aliphatic carbocycles. The lowest BCUT2D eigenvalue weighted by Crippen LogP contribution is -2.52. The molecule has 2 aliphatic rings. The first kappa shape index (κ1) is 20.6. The Morgan fingerprint density at radius 2 is 1.91 bits per heavy atom. The van der Waals surface area contributed by atoms with Crippen molar-refractivity contribution in [3.63, 3.8) is 0 Å². The second-order valence-corrected chi connectivity index (χ2v) is 7.82. The maximum absolute atomic E-state index is 13.0. The zero-order valence-electron chi connectivity index (χ0n) is 17.6. The number of esters is 1. The standard InChI is InChI=1S/C23H19N5O5/c1-33-23(32)14-7-5-13(6-8-14)17-12-28(26-25-17)18-4-2-3-15-16(18)11-27(22(15)31)19-9-10-20(29)24-21(19)30/h2-8,12,19H,9-11H2,1H3,(H,24,29,30). The van der Waals surface area contributed by atoms with E-state index in [2.05, 4.69) is 15.6 Å². The van der Waals surface area contributed by atoms with E-state index in [0.29, 0.717) is 28.9 Å². The molecule has 3 aromatic rings. The van der Waals surface area contributed by atoms with Crippen molar-refractivity contribution in [3.05, 3.63) is 65.4 Å². The molecule has 1 saturated heterocycles. The van der Waals surface area contributed by atoms with Crippen LogP contribution in [0.3, 0.4) is 0 Å². The predicted molar refractivity (Wildman–Crippen MR) is 114 cm³/mol. The molecule has 2 aliphatic heterocycles. The molecule has 0 radical (unpaired) electrons. The number of ether oxygens (including phenoxy) is 1. The Morgan fingerprint density at radius 1 is 1.12 bits per heavy atom. The van der Waals surface area contributed by atoms with E-state index in [1.165, 1.54) is 12.0 Å². The van der Waals surface area contributed by atoms with Gasteiger partial charge >= 0.3 is 5.97 Å². The van der Waals surface area contributed by atoms with Gasteiger partial charge in [-0.2, -0.15) is 0 Å². The van der Waals surface area contributed by atoms with E-state index >= 15 is 0 Å². The minimum absolute atomic E-state index is 0.199. The molecule has 0 spiro atoms. The quantitative estimate of drug-likeness (QED) is 0.477. The summed E-state index contributed by atoms with van der Waals surface area (Å²) in [6.07, 6.45) is 2.24. The summed E-state index contributed by atoms with van der Waals surface area (Å²) >= 11 is 0. The van der Waals surface area contributed by atoms with Crippen molar-refractivity contribution in [1.29, 1.82) is 0 Å². The van der Waals surface area contributed by atoms with Gasteiger partial charge in [-0.15, -0.1) is 5.10 Å². The molecule has 1 N–H and O–H groups in total. The van der Waals surface area contributed by atoms with Gasteiger partial charge in [0.1, 0.15) is 11.7 Å². The summed E-state index contributed by atoms with van der Waals surface area (Å²) in [7, 11) is 1.33. The molecule has 10 heteroatoms. The van der Waals surface area contributed by atoms with Gasteiger partial charge in [0.25, 0.3) is 5.91 Å². The summed E-state index contributed by atoms with van der Waals surface area (Å²) in [5, 5.41) is 10.8. The Kier molecular flexibility index (Phi) is 4.97. The number of rotatable bonds is 4. The highest BCUT2D eigenvalue weighted by Gasteiger charge is 2.40. The summed E-state index contributed by atoms with van der Waals surface area (Å²) in [6.45, 7) is 0.236. The first-order valence-electron chi connectivity index (χ1n) is 10.3. The van der Waals surface area contributed by atoms with E-state index in [1.54, 1.807) is 47.3 Å². The van der Waals surface area contributed by atoms with Crippen molar-refractivity contribution in [3.8, 4) is 16.9 Å². The fraction of sp³-hybridized carbons (Fsp3) is 0.217. The first-order chi connectivity index (χ1) is 16.0. The maximum Gasteiger partial charge on any atom is 0.337 e. The van der Waals surface area contributed by atoms with E-state index in [1.807, 2.05) is 6.07 Å². The average Bonchev–Trinajstić information content (AvgIpc) is 3.44. The number of aromatic nitrogens is 3. The smallest absolute Gasteiger partial charge is 0.337 e. The number of benzene rings is 2. The van der Waals surface area contributed by atoms with Gasteiger partial charge < -0.3 is 9.64 Å². The van der Waals surface area contributed by atoms with Crippen molar-refractivity contribution in [2.45, 2.75) is 25.4 Å². The van der Waals surface area contributed by atoms with E-state index < -0.39 is 17.9 Å². The van der Waals surface area contributed by atoms with Crippen LogP contribution in [0.5, 0.6) is 0 Å². The summed E-state index contributed by atoms with van der Waals surface area (Å²) < 4.78 is 6.30. The van der Waals surface area contributed by atoms with Crippen LogP contribution in [0.1, 0.15) is 39.1 Å². The number of piperidine rings is 1. The topological polar surface area (TPSA) is 123 Å². The zero-order chi connectivity index (χ0) is 23.1. The Labute approximate surface area is 188 Å². The van der Waals surface area contributed by atoms with Gasteiger partial charge in [-0.1, -0.05) is 23.4 Å². The van der Waals surface area contributed by atoms with Crippen LogP contribution in [-0.4, -0.2) is 56.7 Å². The number of nitrogens with one attached hydrogen (secondary N) is 1. The highest BCUT2D eigenvalue weighted by Crippen LogP contribution is 2.31. The number of nitrogens with zero attached hydrogens (tertiary/aromatic N) is 4. The second-order valence-electron chi connectivity index (χ2n) is 7.82. The van der Waals surface area contributed by atoms with Crippen molar-refractivity contribution < 1.29 is 23.9 Å². The SMILES string of the molecule is COC(=O)c1ccc(-c2cn(-c3cccc4c3CN(C3CCC(=O)NC3=O)C4=O)nn2)cc1. The second kappa shape index (κ2) is 7.97. The Balaban J connectivity index is 1.43. The number of hydrogen-bond donors (Lipinski definition) is 1. The molecule has 166 valence electrons. The molecule has 10 nitrogen and oxygen atoms in total. The van der Waals surface area contributed by atoms with Gasteiger partial charge in [0, 0.05) is 29.7 Å². The highest BCUT2D eigenvalue weighted by molar-refractivity contribution is 6.05. The lowest BCUT2D eigenvalue weighted by molar-refractivity contribution is -0.136. The van der Waals surface area contributed by atoms with Crippen LogP contribution < -0.4 is 5.32 Å². The maximum atomic E-state index is 13.0. The molecule has 1 unspecified atom stereocenters. The van der Waals surface area contributed by atoms with Gasteiger partial charge in [-0.3, -0.25) is 19.7 Å². The molecule has 1 atom stereocenters. The zero-order valence-corrected chi connectivity index (χ0v) is 17.6. The van der Waals surface area contributed by atoms with E-state index in [-0.39, 0.29) is 24.8 Å². The highest BCUT2D eigenvalue weighted by atomic mass is 16.5. The number of methoxy groups -OCH3 is 1. The Bertz CT molecular complexity index is 1300. The molecule has 3 heterocycles. The number of carbonyl (C=O) groups excluding carboxylic acids is 4. The van der Waals surface area contributed by atoms with Crippen molar-refractivity contribution in [2.24, 2.45) is 0 Å². The van der Waals surface area contributed by atoms with Crippen molar-refractivity contribution in [1.82, 2.24) is 25.2 Å². The molecule has 1 aromatic heterocycles. The largest absolute Gasteiger partial charge is 0.465 e. The molecule has 1 fully saturated rings. The van der Waals surface area contributed by atoms with Crippen molar-refractivity contribution in [2.75, 3.05) is 7.11 Å². The minimum Gasteiger partial charge on any atom is -0.465 e. The molecule has 2 aromatic carbocycles. The first-order valence-corrected chi connectivity index (χ1v) is 10.3. The number of fused-ring (bicyclic) bond motifs is 1. The summed E-state index contributed by atoms with van der Waals surface area (Å²) in [6, 6.07) is 11.4. The van der Waals surface area contributed by atoms with Crippen LogP contribution in [0.2, 0.25) is 0 Å². The number of amides is 3. The van der Waals surface area contributed by atoms with E-state index in [9.17, 15) is 19.2 Å². The van der Waals surface area contributed by atoms with Crippen LogP contribution in [0.25, 0.3) is 16.9 Å². The van der Waals surface area contributed by atoms with Crippen LogP contribution in [0.15, 0.2) is 48.7 Å². The van der Waals surface area contributed by atoms with Gasteiger partial charge in [-0.25, -0.2) is 9.48 Å². The molecule has 0 bridgehead atoms. The lowest BCUT2D eigenvalue weighted by Gasteiger charge is -2.29. The fourth-order valence-electron chi connectivity index (χ4n) is 4.19. The molecule has 5 rings (SSSR count). The van der Waals surface area contributed by atoms with E-state index in [4.69, 9.17) is 4.74 Å². The van der Waals surface area contributed by atoms with Gasteiger partial charge in [0.05, 0.1) is 24.6 Å². The third-order valence-electron chi connectivity index (χ3n) is 5.90. The molecule has 33 heavy (non-hydrogen) atoms.